The highest BCUT2D eigenvalue weighted by Crippen LogP contribution is 2.14. The van der Waals surface area contributed by atoms with Gasteiger partial charge in [-0.3, -0.25) is 4.79 Å². The highest BCUT2D eigenvalue weighted by molar-refractivity contribution is 5.66. The van der Waals surface area contributed by atoms with E-state index >= 15 is 0 Å². The van der Waals surface area contributed by atoms with Crippen molar-refractivity contribution < 1.29 is 45.6 Å². The first-order valence-corrected chi connectivity index (χ1v) is 13.2. The van der Waals surface area contributed by atoms with Crippen LogP contribution in [0, 0.1) is 11.3 Å². The minimum Gasteiger partial charge on any atom is -0.481 e. The normalized spacial score (nSPS) is 11.2. The minimum absolute atomic E-state index is 0.344. The van der Waals surface area contributed by atoms with E-state index in [1.807, 2.05) is 0 Å². The molecule has 0 aliphatic heterocycles. The average Bonchev–Trinajstić information content (AvgIpc) is 2.86. The van der Waals surface area contributed by atoms with Gasteiger partial charge in [-0.1, -0.05) is 90.9 Å². The fourth-order valence-electron chi connectivity index (χ4n) is 2.95. The van der Waals surface area contributed by atoms with Crippen molar-refractivity contribution in [3.05, 3.63) is 0 Å². The molecule has 9 nitrogen and oxygen atoms in total. The Bertz CT molecular complexity index is 394. The Balaban J connectivity index is -0.000000559. The van der Waals surface area contributed by atoms with E-state index in [9.17, 15) is 4.79 Å². The Labute approximate surface area is 212 Å². The Morgan fingerprint density at radius 2 is 0.914 bits per heavy atom. The first kappa shape index (κ1) is 38.7. The average molecular weight is 513 g/mol. The van der Waals surface area contributed by atoms with Crippen molar-refractivity contribution in [3.8, 4) is 0 Å². The highest BCUT2D eigenvalue weighted by atomic mass is 16.4. The topological polar surface area (TPSA) is 179 Å². The third kappa shape index (κ3) is 31.2. The van der Waals surface area contributed by atoms with Gasteiger partial charge in [-0.2, -0.15) is 0 Å². The van der Waals surface area contributed by atoms with Crippen molar-refractivity contribution in [1.29, 1.82) is 0 Å². The van der Waals surface area contributed by atoms with Gasteiger partial charge in [0, 0.05) is 6.42 Å². The van der Waals surface area contributed by atoms with Gasteiger partial charge in [-0.25, -0.2) is 0 Å². The maximum atomic E-state index is 10.3. The van der Waals surface area contributed by atoms with Gasteiger partial charge in [0.25, 0.3) is 0 Å². The molecule has 214 valence electrons. The van der Waals surface area contributed by atoms with Crippen molar-refractivity contribution in [2.45, 2.75) is 110 Å². The number of aliphatic hydroxyl groups is 7. The second kappa shape index (κ2) is 29.4. The monoisotopic (exact) mass is 512 g/mol. The van der Waals surface area contributed by atoms with E-state index in [4.69, 9.17) is 40.9 Å². The van der Waals surface area contributed by atoms with E-state index in [0.29, 0.717) is 6.42 Å². The lowest BCUT2D eigenvalue weighted by molar-refractivity contribution is -0.137. The van der Waals surface area contributed by atoms with Crippen molar-refractivity contribution in [2.75, 3.05) is 39.6 Å². The van der Waals surface area contributed by atoms with Crippen LogP contribution in [0.15, 0.2) is 0 Å². The van der Waals surface area contributed by atoms with E-state index in [0.717, 1.165) is 18.8 Å². The Kier molecular flexibility index (Phi) is 32.5. The number of rotatable bonds is 21. The molecule has 0 aliphatic carbocycles. The molecule has 0 aromatic rings. The summed E-state index contributed by atoms with van der Waals surface area (Å²) >= 11 is 0. The first-order chi connectivity index (χ1) is 16.7. The molecule has 9 heteroatoms. The standard InChI is InChI=1S/C18H36O2.C5H12O4.C3H8O3/c1-17(2)15-13-11-9-7-5-3-4-6-8-10-12-14-16-18(19)20;6-1-5(2-7,3-8)4-9;4-1-3(6)2-5/h17H,3-16H2,1-2H3,(H,19,20);6-9H,1-4H2;3-6H,1-2H2. The molecule has 8 N–H and O–H groups in total. The van der Waals surface area contributed by atoms with E-state index < -0.39 is 43.9 Å². The Hall–Kier alpha value is -0.810. The molecule has 0 radical (unpaired) electrons. The maximum absolute atomic E-state index is 10.3. The van der Waals surface area contributed by atoms with Crippen LogP contribution in [0.2, 0.25) is 0 Å². The predicted molar refractivity (Wildman–Crippen MR) is 138 cm³/mol. The summed E-state index contributed by atoms with van der Waals surface area (Å²) in [4.78, 5) is 10.3. The number of aliphatic carboxylic acids is 1. The largest absolute Gasteiger partial charge is 0.481 e. The van der Waals surface area contributed by atoms with Gasteiger partial charge in [0.1, 0.15) is 6.10 Å². The van der Waals surface area contributed by atoms with Crippen LogP contribution in [0.25, 0.3) is 0 Å². The summed E-state index contributed by atoms with van der Waals surface area (Å²) in [5.74, 6) is 0.212. The van der Waals surface area contributed by atoms with Crippen LogP contribution in [-0.4, -0.2) is 92.6 Å². The fourth-order valence-corrected chi connectivity index (χ4v) is 2.95. The quantitative estimate of drug-likeness (QED) is 0.107. The van der Waals surface area contributed by atoms with E-state index in [2.05, 4.69) is 13.8 Å². The summed E-state index contributed by atoms with van der Waals surface area (Å²) in [6.07, 6.45) is 16.4. The van der Waals surface area contributed by atoms with Gasteiger partial charge in [0.15, 0.2) is 0 Å². The lowest BCUT2D eigenvalue weighted by Crippen LogP contribution is -2.37. The molecule has 0 aromatic carbocycles. The van der Waals surface area contributed by atoms with Crippen LogP contribution >= 0.6 is 0 Å². The molecule has 35 heavy (non-hydrogen) atoms. The van der Waals surface area contributed by atoms with Gasteiger partial charge in [0.05, 0.1) is 45.1 Å². The smallest absolute Gasteiger partial charge is 0.303 e. The molecule has 0 bridgehead atoms. The molecule has 0 unspecified atom stereocenters. The van der Waals surface area contributed by atoms with Crippen LogP contribution in [0.5, 0.6) is 0 Å². The molecular formula is C26H56O9. The lowest BCUT2D eigenvalue weighted by atomic mass is 9.93. The summed E-state index contributed by atoms with van der Waals surface area (Å²) in [5, 5.41) is 66.5. The number of aliphatic hydroxyl groups excluding tert-OH is 7. The van der Waals surface area contributed by atoms with Crippen LogP contribution < -0.4 is 0 Å². The molecule has 0 amide bonds. The number of carbonyl (C=O) groups is 1. The second-order valence-corrected chi connectivity index (χ2v) is 9.72. The molecule has 0 aromatic heterocycles. The summed E-state index contributed by atoms with van der Waals surface area (Å²) in [7, 11) is 0. The molecule has 0 atom stereocenters. The van der Waals surface area contributed by atoms with Crippen LogP contribution in [0.1, 0.15) is 104 Å². The van der Waals surface area contributed by atoms with Crippen LogP contribution in [-0.2, 0) is 4.79 Å². The highest BCUT2D eigenvalue weighted by Gasteiger charge is 2.26. The fraction of sp³-hybridized carbons (Fsp3) is 0.962. The lowest BCUT2D eigenvalue weighted by Gasteiger charge is -2.23. The van der Waals surface area contributed by atoms with Crippen molar-refractivity contribution in [1.82, 2.24) is 0 Å². The second-order valence-electron chi connectivity index (χ2n) is 9.72. The van der Waals surface area contributed by atoms with E-state index in [-0.39, 0.29) is 13.2 Å². The predicted octanol–water partition coefficient (Wildman–Crippen LogP) is 2.46. The zero-order chi connectivity index (χ0) is 27.4. The first-order valence-electron chi connectivity index (χ1n) is 13.2. The van der Waals surface area contributed by atoms with Crippen LogP contribution in [0.4, 0.5) is 0 Å². The number of hydrogen-bond donors (Lipinski definition) is 8. The number of carboxylic acid groups (broad SMARTS) is 1. The molecule has 0 rings (SSSR count). The summed E-state index contributed by atoms with van der Waals surface area (Å²) < 4.78 is 0. The summed E-state index contributed by atoms with van der Waals surface area (Å²) in [5.41, 5.74) is -1.11. The molecule has 0 spiro atoms. The van der Waals surface area contributed by atoms with Crippen LogP contribution in [0.3, 0.4) is 0 Å². The van der Waals surface area contributed by atoms with Crippen molar-refractivity contribution >= 4 is 5.97 Å². The number of unbranched alkanes of at least 4 members (excludes halogenated alkanes) is 11. The number of hydrogen-bond acceptors (Lipinski definition) is 8. The zero-order valence-corrected chi connectivity index (χ0v) is 22.3. The van der Waals surface area contributed by atoms with Crippen molar-refractivity contribution in [3.63, 3.8) is 0 Å². The Morgan fingerprint density at radius 3 is 1.11 bits per heavy atom. The zero-order valence-electron chi connectivity index (χ0n) is 22.3. The van der Waals surface area contributed by atoms with Gasteiger partial charge in [0.2, 0.25) is 0 Å². The molecule has 0 aliphatic rings. The molecule has 0 heterocycles. The van der Waals surface area contributed by atoms with E-state index in [1.54, 1.807) is 0 Å². The molecule has 0 fully saturated rings. The molecule has 0 saturated heterocycles. The number of carboxylic acids is 1. The molecular weight excluding hydrogens is 456 g/mol. The van der Waals surface area contributed by atoms with E-state index in [1.165, 1.54) is 70.6 Å². The third-order valence-corrected chi connectivity index (χ3v) is 5.69. The van der Waals surface area contributed by atoms with Gasteiger partial charge in [-0.05, 0) is 12.3 Å². The van der Waals surface area contributed by atoms with Gasteiger partial charge >= 0.3 is 5.97 Å². The van der Waals surface area contributed by atoms with Gasteiger partial charge < -0.3 is 40.9 Å². The maximum Gasteiger partial charge on any atom is 0.303 e. The Morgan fingerprint density at radius 1 is 0.600 bits per heavy atom. The SMILES string of the molecule is CC(C)CCCCCCCCCCCCCCC(=O)O.OCC(CO)(CO)CO.OCC(O)CO. The molecule has 0 saturated carbocycles. The van der Waals surface area contributed by atoms with Crippen molar-refractivity contribution in [2.24, 2.45) is 11.3 Å². The minimum atomic E-state index is -1.11. The van der Waals surface area contributed by atoms with Gasteiger partial charge in [-0.15, -0.1) is 0 Å². The summed E-state index contributed by atoms with van der Waals surface area (Å²) in [6, 6.07) is 0. The third-order valence-electron chi connectivity index (χ3n) is 5.69. The summed E-state index contributed by atoms with van der Waals surface area (Å²) in [6.45, 7) is 2.26.